The van der Waals surface area contributed by atoms with Gasteiger partial charge in [0.05, 0.1) is 11.9 Å². The maximum absolute atomic E-state index is 12.1. The first-order valence-electron chi connectivity index (χ1n) is 4.98. The van der Waals surface area contributed by atoms with E-state index in [0.29, 0.717) is 10.2 Å². The molecule has 0 aliphatic rings. The van der Waals surface area contributed by atoms with E-state index >= 15 is 0 Å². The molecule has 7 heteroatoms. The molecule has 0 aliphatic carbocycles. The lowest BCUT2D eigenvalue weighted by molar-refractivity contribution is 0.600. The normalized spacial score (nSPS) is 11.2. The zero-order valence-corrected chi connectivity index (χ0v) is 11.6. The number of nitrogen functional groups attached to an aromatic ring is 1. The minimum atomic E-state index is -3.66. The molecule has 1 aromatic carbocycles. The summed E-state index contributed by atoms with van der Waals surface area (Å²) in [6.45, 7) is 0. The van der Waals surface area contributed by atoms with Crippen molar-refractivity contribution in [1.82, 2.24) is 4.98 Å². The summed E-state index contributed by atoms with van der Waals surface area (Å²) in [6.07, 6.45) is 1.39. The molecule has 0 atom stereocenters. The quantitative estimate of drug-likeness (QED) is 0.905. The van der Waals surface area contributed by atoms with Gasteiger partial charge in [-0.2, -0.15) is 0 Å². The van der Waals surface area contributed by atoms with Gasteiger partial charge in [-0.15, -0.1) is 0 Å². The number of anilines is 2. The van der Waals surface area contributed by atoms with Crippen LogP contribution in [0.5, 0.6) is 0 Å². The van der Waals surface area contributed by atoms with Crippen LogP contribution in [-0.2, 0) is 10.0 Å². The van der Waals surface area contributed by atoms with Crippen LogP contribution < -0.4 is 10.5 Å². The number of hydrogen-bond donors (Lipinski definition) is 2. The second kappa shape index (κ2) is 4.95. The highest BCUT2D eigenvalue weighted by Gasteiger charge is 2.17. The molecule has 0 aliphatic heterocycles. The number of sulfonamides is 1. The van der Waals surface area contributed by atoms with Crippen molar-refractivity contribution in [2.75, 3.05) is 10.5 Å². The van der Waals surface area contributed by atoms with E-state index in [9.17, 15) is 8.42 Å². The zero-order chi connectivity index (χ0) is 13.2. The van der Waals surface area contributed by atoms with Crippen LogP contribution >= 0.6 is 15.9 Å². The first-order chi connectivity index (χ1) is 8.49. The molecular formula is C11H10BrN3O2S. The lowest BCUT2D eigenvalue weighted by Gasteiger charge is -2.08. The van der Waals surface area contributed by atoms with Crippen LogP contribution in [0.4, 0.5) is 11.5 Å². The molecule has 0 fully saturated rings. The Kier molecular flexibility index (Phi) is 3.53. The topological polar surface area (TPSA) is 85.1 Å². The van der Waals surface area contributed by atoms with Gasteiger partial charge in [0, 0.05) is 4.47 Å². The number of halogens is 1. The lowest BCUT2D eigenvalue weighted by Crippen LogP contribution is -2.14. The number of pyridine rings is 1. The third kappa shape index (κ3) is 2.80. The minimum Gasteiger partial charge on any atom is -0.397 e. The Morgan fingerprint density at radius 3 is 2.50 bits per heavy atom. The Morgan fingerprint density at radius 2 is 1.89 bits per heavy atom. The fourth-order valence-corrected chi connectivity index (χ4v) is 3.33. The summed E-state index contributed by atoms with van der Waals surface area (Å²) in [4.78, 5) is 4.04. The van der Waals surface area contributed by atoms with Crippen molar-refractivity contribution >= 4 is 37.5 Å². The molecule has 0 saturated heterocycles. The van der Waals surface area contributed by atoms with E-state index in [-0.39, 0.29) is 10.7 Å². The molecule has 5 nitrogen and oxygen atoms in total. The summed E-state index contributed by atoms with van der Waals surface area (Å²) >= 11 is 3.20. The van der Waals surface area contributed by atoms with Gasteiger partial charge in [-0.3, -0.25) is 4.72 Å². The Balaban J connectivity index is 2.33. The van der Waals surface area contributed by atoms with Crippen molar-refractivity contribution in [1.29, 1.82) is 0 Å². The second-order valence-electron chi connectivity index (χ2n) is 3.51. The molecule has 2 rings (SSSR count). The molecule has 18 heavy (non-hydrogen) atoms. The molecule has 3 N–H and O–H groups in total. The Bertz CT molecular complexity index is 656. The monoisotopic (exact) mass is 327 g/mol. The van der Waals surface area contributed by atoms with Crippen molar-refractivity contribution in [2.45, 2.75) is 4.90 Å². The van der Waals surface area contributed by atoms with Gasteiger partial charge < -0.3 is 5.73 Å². The number of nitrogens with zero attached hydrogens (tertiary/aromatic N) is 1. The van der Waals surface area contributed by atoms with Gasteiger partial charge in [0.2, 0.25) is 0 Å². The summed E-state index contributed by atoms with van der Waals surface area (Å²) in [6, 6.07) is 9.63. The fourth-order valence-electron chi connectivity index (χ4n) is 1.32. The van der Waals surface area contributed by atoms with E-state index in [4.69, 9.17) is 5.73 Å². The van der Waals surface area contributed by atoms with Crippen molar-refractivity contribution in [3.05, 3.63) is 47.1 Å². The van der Waals surface area contributed by atoms with Gasteiger partial charge in [-0.25, -0.2) is 13.4 Å². The van der Waals surface area contributed by atoms with Gasteiger partial charge in [0.15, 0.2) is 0 Å². The van der Waals surface area contributed by atoms with Gasteiger partial charge in [0.1, 0.15) is 10.7 Å². The van der Waals surface area contributed by atoms with E-state index in [1.54, 1.807) is 24.3 Å². The number of hydrogen-bond acceptors (Lipinski definition) is 4. The average molecular weight is 328 g/mol. The van der Waals surface area contributed by atoms with Crippen LogP contribution in [0.3, 0.4) is 0 Å². The SMILES string of the molecule is Nc1ccc(NS(=O)(=O)c2ccccc2Br)nc1. The standard InChI is InChI=1S/C11H10BrN3O2S/c12-9-3-1-2-4-10(9)18(16,17)15-11-6-5-8(13)7-14-11/h1-7H,13H2,(H,14,15). The molecular weight excluding hydrogens is 318 g/mol. The van der Waals surface area contributed by atoms with Crippen LogP contribution in [0.2, 0.25) is 0 Å². The number of rotatable bonds is 3. The molecule has 94 valence electrons. The largest absolute Gasteiger partial charge is 0.397 e. The maximum Gasteiger partial charge on any atom is 0.264 e. The van der Waals surface area contributed by atoms with E-state index < -0.39 is 10.0 Å². The highest BCUT2D eigenvalue weighted by molar-refractivity contribution is 9.10. The van der Waals surface area contributed by atoms with Gasteiger partial charge in [0.25, 0.3) is 10.0 Å². The van der Waals surface area contributed by atoms with Crippen molar-refractivity contribution in [3.63, 3.8) is 0 Å². The number of nitrogens with one attached hydrogen (secondary N) is 1. The highest BCUT2D eigenvalue weighted by atomic mass is 79.9. The smallest absolute Gasteiger partial charge is 0.264 e. The molecule has 1 heterocycles. The second-order valence-corrected chi connectivity index (χ2v) is 6.02. The van der Waals surface area contributed by atoms with Crippen LogP contribution in [0.1, 0.15) is 0 Å². The van der Waals surface area contributed by atoms with Crippen LogP contribution in [0, 0.1) is 0 Å². The van der Waals surface area contributed by atoms with Crippen molar-refractivity contribution < 1.29 is 8.42 Å². The summed E-state index contributed by atoms with van der Waals surface area (Å²) in [5, 5.41) is 0. The summed E-state index contributed by atoms with van der Waals surface area (Å²) in [5.74, 6) is 0.222. The van der Waals surface area contributed by atoms with E-state index in [1.807, 2.05) is 0 Å². The molecule has 0 unspecified atom stereocenters. The summed E-state index contributed by atoms with van der Waals surface area (Å²) in [5.41, 5.74) is 5.95. The number of nitrogens with two attached hydrogens (primary N) is 1. The Labute approximate surface area is 113 Å². The van der Waals surface area contributed by atoms with E-state index in [2.05, 4.69) is 25.6 Å². The molecule has 0 saturated carbocycles. The first kappa shape index (κ1) is 12.8. The molecule has 0 bridgehead atoms. The molecule has 0 spiro atoms. The van der Waals surface area contributed by atoms with Crippen molar-refractivity contribution in [3.8, 4) is 0 Å². The van der Waals surface area contributed by atoms with Gasteiger partial charge in [-0.1, -0.05) is 12.1 Å². The zero-order valence-electron chi connectivity index (χ0n) is 9.17. The highest BCUT2D eigenvalue weighted by Crippen LogP contribution is 2.23. The average Bonchev–Trinajstić information content (AvgIpc) is 2.32. The van der Waals surface area contributed by atoms with Crippen molar-refractivity contribution in [2.24, 2.45) is 0 Å². The van der Waals surface area contributed by atoms with E-state index in [1.165, 1.54) is 18.3 Å². The number of benzene rings is 1. The maximum atomic E-state index is 12.1. The summed E-state index contributed by atoms with van der Waals surface area (Å²) < 4.78 is 27.1. The predicted molar refractivity (Wildman–Crippen MR) is 73.6 cm³/mol. The van der Waals surface area contributed by atoms with Crippen LogP contribution in [0.15, 0.2) is 52.0 Å². The Hall–Kier alpha value is -1.60. The predicted octanol–water partition coefficient (Wildman–Crippen LogP) is 2.23. The van der Waals surface area contributed by atoms with Crippen LogP contribution in [-0.4, -0.2) is 13.4 Å². The lowest BCUT2D eigenvalue weighted by atomic mass is 10.4. The molecule has 2 aromatic rings. The van der Waals surface area contributed by atoms with E-state index in [0.717, 1.165) is 0 Å². The third-order valence-electron chi connectivity index (χ3n) is 2.15. The molecule has 0 radical (unpaired) electrons. The van der Waals surface area contributed by atoms with Crippen LogP contribution in [0.25, 0.3) is 0 Å². The Morgan fingerprint density at radius 1 is 1.17 bits per heavy atom. The third-order valence-corrected chi connectivity index (χ3v) is 4.52. The minimum absolute atomic E-state index is 0.156. The first-order valence-corrected chi connectivity index (χ1v) is 7.25. The van der Waals surface area contributed by atoms with Gasteiger partial charge in [-0.05, 0) is 40.2 Å². The summed E-state index contributed by atoms with van der Waals surface area (Å²) in [7, 11) is -3.66. The fraction of sp³-hybridized carbons (Fsp3) is 0. The molecule has 0 amide bonds. The van der Waals surface area contributed by atoms with Gasteiger partial charge >= 0.3 is 0 Å². The molecule has 1 aromatic heterocycles. The number of aromatic nitrogens is 1.